The van der Waals surface area contributed by atoms with Crippen LogP contribution in [0.5, 0.6) is 0 Å². The van der Waals surface area contributed by atoms with Gasteiger partial charge in [0.1, 0.15) is 6.61 Å². The van der Waals surface area contributed by atoms with Crippen LogP contribution < -0.4 is 16.0 Å². The molecule has 3 amide bonds. The molecule has 16 nitrogen and oxygen atoms in total. The monoisotopic (exact) mass is 981 g/mol. The molecule has 0 radical (unpaired) electrons. The van der Waals surface area contributed by atoms with E-state index < -0.39 is 73.0 Å². The first-order chi connectivity index (χ1) is 30.7. The van der Waals surface area contributed by atoms with Gasteiger partial charge in [-0.1, -0.05) is 84.7 Å². The molecule has 65 heavy (non-hydrogen) atoms. The van der Waals surface area contributed by atoms with Crippen LogP contribution in [0.1, 0.15) is 89.2 Å². The van der Waals surface area contributed by atoms with Gasteiger partial charge in [-0.25, -0.2) is 4.57 Å². The minimum absolute atomic E-state index is 0.0128. The minimum Gasteiger partial charge on any atom is -0.393 e. The Morgan fingerprint density at radius 1 is 1.03 bits per heavy atom. The summed E-state index contributed by atoms with van der Waals surface area (Å²) in [6.07, 6.45) is 4.79. The highest BCUT2D eigenvalue weighted by molar-refractivity contribution is 9.09. The molecular formula is C47H57BrN3O13P. The lowest BCUT2D eigenvalue weighted by Gasteiger charge is -2.59. The van der Waals surface area contributed by atoms with Crippen LogP contribution in [0.3, 0.4) is 0 Å². The van der Waals surface area contributed by atoms with E-state index in [1.54, 1.807) is 32.1 Å². The number of phosphoric acid groups is 1. The van der Waals surface area contributed by atoms with Gasteiger partial charge >= 0.3 is 7.82 Å². The fourth-order valence-corrected chi connectivity index (χ4v) is 11.8. The minimum atomic E-state index is -5.03. The summed E-state index contributed by atoms with van der Waals surface area (Å²) in [6, 6.07) is 14.0. The number of ketones is 3. The molecule has 11 atom stereocenters. The Labute approximate surface area is 386 Å². The Morgan fingerprint density at radius 3 is 2.48 bits per heavy atom. The summed E-state index contributed by atoms with van der Waals surface area (Å²) in [7, 11) is -5.03. The molecule has 4 aliphatic carbocycles. The second kappa shape index (κ2) is 19.2. The number of Topliss-reactive ketones (excluding diaryl/α,β-unsaturated/α-hetero) is 2. The van der Waals surface area contributed by atoms with E-state index in [2.05, 4.69) is 38.8 Å². The van der Waals surface area contributed by atoms with E-state index in [0.717, 1.165) is 16.7 Å². The molecule has 7 rings (SSSR count). The summed E-state index contributed by atoms with van der Waals surface area (Å²) in [5, 5.41) is 20.2. The largest absolute Gasteiger partial charge is 0.470 e. The molecule has 2 aromatic rings. The number of alkyl halides is 1. The number of fused-ring (bicyclic) bond motifs is 7. The Balaban J connectivity index is 0.999. The number of nitrogens with one attached hydrogen (secondary N) is 3. The van der Waals surface area contributed by atoms with E-state index in [0.29, 0.717) is 36.9 Å². The second-order valence-corrected chi connectivity index (χ2v) is 20.4. The summed E-state index contributed by atoms with van der Waals surface area (Å²) >= 11 is 3.03. The van der Waals surface area contributed by atoms with Crippen LogP contribution in [0.25, 0.3) is 0 Å². The van der Waals surface area contributed by atoms with Crippen molar-refractivity contribution in [3.63, 3.8) is 0 Å². The first kappa shape index (κ1) is 48.7. The molecule has 1 aliphatic heterocycles. The highest BCUT2D eigenvalue weighted by atomic mass is 79.9. The number of aliphatic hydroxyl groups excluding tert-OH is 1. The first-order valence-electron chi connectivity index (χ1n) is 22.0. The van der Waals surface area contributed by atoms with E-state index in [1.807, 2.05) is 55.5 Å². The van der Waals surface area contributed by atoms with Gasteiger partial charge in [-0.2, -0.15) is 0 Å². The third-order valence-corrected chi connectivity index (χ3v) is 15.5. The van der Waals surface area contributed by atoms with Gasteiger partial charge in [-0.3, -0.25) is 33.3 Å². The molecule has 4 fully saturated rings. The first-order valence-corrected chi connectivity index (χ1v) is 24.6. The number of halogens is 1. The Kier molecular flexibility index (Phi) is 14.4. The number of allylic oxidation sites excluding steroid dienone is 4. The third-order valence-electron chi connectivity index (χ3n) is 14.5. The van der Waals surface area contributed by atoms with Gasteiger partial charge < -0.3 is 40.3 Å². The van der Waals surface area contributed by atoms with Gasteiger partial charge in [-0.15, -0.1) is 0 Å². The van der Waals surface area contributed by atoms with Crippen molar-refractivity contribution < 1.29 is 62.2 Å². The average molecular weight is 983 g/mol. The number of hydrogen-bond acceptors (Lipinski definition) is 11. The van der Waals surface area contributed by atoms with Crippen LogP contribution >= 0.6 is 23.8 Å². The van der Waals surface area contributed by atoms with E-state index in [9.17, 15) is 48.2 Å². The molecule has 1 saturated heterocycles. The zero-order chi connectivity index (χ0) is 47.1. The molecule has 6 N–H and O–H groups in total. The number of carbonyl (C=O) groups is 6. The number of phosphoric ester groups is 1. The van der Waals surface area contributed by atoms with Crippen molar-refractivity contribution in [2.75, 3.05) is 23.8 Å². The molecule has 2 aromatic carbocycles. The Morgan fingerprint density at radius 2 is 1.77 bits per heavy atom. The summed E-state index contributed by atoms with van der Waals surface area (Å²) < 4.78 is 30.0. The highest BCUT2D eigenvalue weighted by Gasteiger charge is 2.76. The second-order valence-electron chi connectivity index (χ2n) is 18.6. The summed E-state index contributed by atoms with van der Waals surface area (Å²) in [6.45, 7) is 6.38. The molecule has 0 aromatic heterocycles. The normalized spacial score (nSPS) is 31.0. The van der Waals surface area contributed by atoms with Crippen molar-refractivity contribution in [3.05, 3.63) is 89.0 Å². The maximum absolute atomic E-state index is 14.4. The predicted molar refractivity (Wildman–Crippen MR) is 240 cm³/mol. The zero-order valence-corrected chi connectivity index (χ0v) is 39.3. The molecule has 3 saturated carbocycles. The van der Waals surface area contributed by atoms with E-state index in [-0.39, 0.29) is 72.3 Å². The number of hydrogen-bond donors (Lipinski definition) is 6. The molecule has 5 aliphatic rings. The number of rotatable bonds is 17. The Bertz CT molecular complexity index is 2330. The van der Waals surface area contributed by atoms with Crippen molar-refractivity contribution in [1.82, 2.24) is 10.6 Å². The highest BCUT2D eigenvalue weighted by Crippen LogP contribution is 2.70. The topological polar surface area (TPSA) is 244 Å². The number of amides is 3. The number of benzene rings is 2. The number of anilines is 1. The molecule has 0 unspecified atom stereocenters. The van der Waals surface area contributed by atoms with Gasteiger partial charge in [0.25, 0.3) is 0 Å². The van der Waals surface area contributed by atoms with Crippen molar-refractivity contribution in [1.29, 1.82) is 0 Å². The third kappa shape index (κ3) is 9.94. The van der Waals surface area contributed by atoms with Gasteiger partial charge in [0, 0.05) is 53.3 Å². The van der Waals surface area contributed by atoms with Crippen molar-refractivity contribution in [2.24, 2.45) is 34.5 Å². The van der Waals surface area contributed by atoms with Crippen molar-refractivity contribution in [2.45, 2.75) is 103 Å². The quantitative estimate of drug-likeness (QED) is 0.0911. The lowest BCUT2D eigenvalue weighted by atomic mass is 9.46. The molecule has 350 valence electrons. The van der Waals surface area contributed by atoms with Crippen LogP contribution in [-0.2, 0) is 53.8 Å². The lowest BCUT2D eigenvalue weighted by Crippen LogP contribution is -2.63. The van der Waals surface area contributed by atoms with Gasteiger partial charge in [-0.05, 0) is 86.3 Å². The molecule has 0 spiro atoms. The number of carbonyl (C=O) groups excluding carboxylic acids is 6. The lowest BCUT2D eigenvalue weighted by molar-refractivity contribution is -0.200. The van der Waals surface area contributed by atoms with Gasteiger partial charge in [0.05, 0.1) is 23.6 Å². The van der Waals surface area contributed by atoms with Crippen LogP contribution in [-0.4, -0.2) is 92.3 Å². The van der Waals surface area contributed by atoms with Crippen LogP contribution in [0.2, 0.25) is 0 Å². The van der Waals surface area contributed by atoms with Crippen LogP contribution in [0.4, 0.5) is 5.69 Å². The van der Waals surface area contributed by atoms with E-state index >= 15 is 0 Å². The summed E-state index contributed by atoms with van der Waals surface area (Å²) in [4.78, 5) is 95.4. The molecular weight excluding hydrogens is 925 g/mol. The van der Waals surface area contributed by atoms with Crippen molar-refractivity contribution >= 4 is 64.5 Å². The maximum atomic E-state index is 14.4. The van der Waals surface area contributed by atoms with Crippen LogP contribution in [0, 0.1) is 34.5 Å². The summed E-state index contributed by atoms with van der Waals surface area (Å²) in [5.74, 6) is -3.16. The average Bonchev–Trinajstić information content (AvgIpc) is 3.75. The van der Waals surface area contributed by atoms with E-state index in [1.165, 1.54) is 0 Å². The smallest absolute Gasteiger partial charge is 0.393 e. The predicted octanol–water partition coefficient (Wildman–Crippen LogP) is 4.94. The van der Waals surface area contributed by atoms with Crippen LogP contribution in [0.15, 0.2) is 72.3 Å². The number of aliphatic hydroxyl groups is 1. The molecule has 0 bridgehead atoms. The SMILES string of the molecule is C[C@H](CC(=O)[C@H](C)NC(=O)CCNC(=O)CBr)C(=O)Nc1cccc(Cc2ccc([C@@H]3O[C@@H]4C[C@H]5[C@@H]6CCC7=CC(=O)C=C[C@]7(C)[C@H]6[C@@H](O)C[C@]5(C)[C@]4(C(=O)COP(=O)(O)O)O3)cc2)c1. The molecule has 1 heterocycles. The van der Waals surface area contributed by atoms with Crippen molar-refractivity contribution in [3.8, 4) is 0 Å². The van der Waals surface area contributed by atoms with E-state index in [4.69, 9.17) is 14.0 Å². The van der Waals surface area contributed by atoms with Gasteiger partial charge in [0.2, 0.25) is 17.7 Å². The molecule has 18 heteroatoms. The maximum Gasteiger partial charge on any atom is 0.470 e. The zero-order valence-electron chi connectivity index (χ0n) is 36.8. The van der Waals surface area contributed by atoms with Gasteiger partial charge in [0.15, 0.2) is 29.2 Å². The fraction of sp³-hybridized carbons (Fsp3) is 0.532. The Hall–Kier alpha value is -4.19. The fourth-order valence-electron chi connectivity index (χ4n) is 11.3. The number of ether oxygens (including phenoxy) is 2. The standard InChI is InChI=1S/C47H57BrN3O13P/c1-26(18-36(53)27(2)50-40(56)15-17-49-41(57)24-48)43(58)51-32-7-5-6-29(20-32)19-28-8-10-30(11-9-28)44-63-39-22-35-34-13-12-31-21-33(52)14-16-45(31,3)42(34)37(54)23-46(35,4)47(39,64-44)38(55)25-62-65(59,60)61/h5-11,14,16,20-21,26-27,34-35,37,39,42,44,54H,12-13,15,17-19,22-25H2,1-4H3,(H,49,57)(H,50,56)(H,51,58)(H2,59,60,61)/t26-,27+,34+,35+,37+,39-,42-,44-,45+,46+,47-/m1/s1. The summed E-state index contributed by atoms with van der Waals surface area (Å²) in [5.41, 5.74) is 0.739.